The van der Waals surface area contributed by atoms with E-state index in [1.54, 1.807) is 6.07 Å². The third-order valence-corrected chi connectivity index (χ3v) is 7.51. The van der Waals surface area contributed by atoms with Crippen molar-refractivity contribution in [2.45, 2.75) is 56.7 Å². The van der Waals surface area contributed by atoms with Crippen molar-refractivity contribution < 1.29 is 40.6 Å². The van der Waals surface area contributed by atoms with Crippen LogP contribution in [-0.4, -0.2) is 68.4 Å². The van der Waals surface area contributed by atoms with Crippen LogP contribution in [0.25, 0.3) is 0 Å². The molecule has 4 rings (SSSR count). The Kier molecular flexibility index (Phi) is 8.38. The Morgan fingerprint density at radius 1 is 1.14 bits per heavy atom. The molecule has 1 aromatic carbocycles. The number of rotatable bonds is 10. The molecule has 3 aliphatic rings. The van der Waals surface area contributed by atoms with E-state index in [-0.39, 0.29) is 24.8 Å². The van der Waals surface area contributed by atoms with Gasteiger partial charge in [-0.15, -0.1) is 0 Å². The second-order valence-corrected chi connectivity index (χ2v) is 10.1. The highest BCUT2D eigenvalue weighted by atomic mass is 19.4. The summed E-state index contributed by atoms with van der Waals surface area (Å²) >= 11 is 0. The predicted octanol–water partition coefficient (Wildman–Crippen LogP) is 5.05. The van der Waals surface area contributed by atoms with Crippen molar-refractivity contribution in [1.29, 1.82) is 0 Å². The average Bonchev–Trinajstić information content (AvgIpc) is 3.38. The van der Waals surface area contributed by atoms with E-state index in [0.717, 1.165) is 25.7 Å². The van der Waals surface area contributed by atoms with Gasteiger partial charge in [-0.2, -0.15) is 22.0 Å². The van der Waals surface area contributed by atoms with E-state index >= 15 is 0 Å². The standard InChI is InChI=1S/C25H32F6N2O3/c26-22-13-18(3-4-20(22)23(34)32-14-19-2-1-10-35-19)36-11-7-17-12-21(17)16-5-8-33(9-6-16)15-24(27,28)25(29,30)31/h3-4,13,16-17,19,21H,1-2,5-12,14-15H2,(H,32,34)/t17-,19?,21-/m1/s1. The van der Waals surface area contributed by atoms with Crippen LogP contribution in [0.5, 0.6) is 5.75 Å². The molecule has 2 heterocycles. The van der Waals surface area contributed by atoms with Gasteiger partial charge in [0.05, 0.1) is 24.8 Å². The summed E-state index contributed by atoms with van der Waals surface area (Å²) in [4.78, 5) is 13.4. The Morgan fingerprint density at radius 3 is 2.53 bits per heavy atom. The van der Waals surface area contributed by atoms with Crippen LogP contribution in [0.1, 0.15) is 48.9 Å². The fourth-order valence-electron chi connectivity index (χ4n) is 5.29. The van der Waals surface area contributed by atoms with Crippen LogP contribution in [0.2, 0.25) is 0 Å². The molecule has 1 amide bonds. The number of nitrogens with one attached hydrogen (secondary N) is 1. The number of alkyl halides is 5. The summed E-state index contributed by atoms with van der Waals surface area (Å²) < 4.78 is 89.4. The molecule has 2 aliphatic heterocycles. The molecule has 1 aliphatic carbocycles. The first kappa shape index (κ1) is 27.0. The number of carbonyl (C=O) groups excluding carboxylic acids is 1. The van der Waals surface area contributed by atoms with Crippen molar-refractivity contribution in [3.05, 3.63) is 29.6 Å². The summed E-state index contributed by atoms with van der Waals surface area (Å²) in [5, 5.41) is 2.69. The minimum Gasteiger partial charge on any atom is -0.493 e. The number of piperidine rings is 1. The number of likely N-dealkylation sites (tertiary alicyclic amines) is 1. The second kappa shape index (κ2) is 11.2. The fourth-order valence-corrected chi connectivity index (χ4v) is 5.29. The lowest BCUT2D eigenvalue weighted by molar-refractivity contribution is -0.287. The number of amides is 1. The van der Waals surface area contributed by atoms with Crippen molar-refractivity contribution in [3.8, 4) is 5.75 Å². The van der Waals surface area contributed by atoms with Gasteiger partial charge in [0, 0.05) is 19.2 Å². The minimum atomic E-state index is -5.52. The molecule has 0 spiro atoms. The van der Waals surface area contributed by atoms with E-state index in [9.17, 15) is 31.1 Å². The summed E-state index contributed by atoms with van der Waals surface area (Å²) in [6.45, 7) is 0.595. The SMILES string of the molecule is O=C(NCC1CCCO1)c1ccc(OCC[C@@H]2C[C@@H]2C2CCN(CC(F)(F)C(F)(F)F)CC2)cc1F. The van der Waals surface area contributed by atoms with Gasteiger partial charge in [0.25, 0.3) is 5.91 Å². The van der Waals surface area contributed by atoms with Gasteiger partial charge >= 0.3 is 12.1 Å². The van der Waals surface area contributed by atoms with Gasteiger partial charge in [0.15, 0.2) is 0 Å². The fraction of sp³-hybridized carbons (Fsp3) is 0.720. The number of halogens is 6. The lowest BCUT2D eigenvalue weighted by Gasteiger charge is -2.34. The number of hydrogen-bond acceptors (Lipinski definition) is 4. The number of carbonyl (C=O) groups is 1. The molecule has 3 fully saturated rings. The van der Waals surface area contributed by atoms with Gasteiger partial charge in [0.1, 0.15) is 11.6 Å². The first-order valence-corrected chi connectivity index (χ1v) is 12.5. The zero-order valence-corrected chi connectivity index (χ0v) is 20.0. The van der Waals surface area contributed by atoms with Crippen molar-refractivity contribution in [1.82, 2.24) is 10.2 Å². The maximum Gasteiger partial charge on any atom is 0.454 e. The van der Waals surface area contributed by atoms with E-state index in [4.69, 9.17) is 9.47 Å². The first-order chi connectivity index (χ1) is 17.0. The van der Waals surface area contributed by atoms with Crippen LogP contribution in [0, 0.1) is 23.6 Å². The molecular weight excluding hydrogens is 490 g/mol. The van der Waals surface area contributed by atoms with E-state index in [1.165, 1.54) is 17.0 Å². The predicted molar refractivity (Wildman–Crippen MR) is 120 cm³/mol. The lowest BCUT2D eigenvalue weighted by Crippen LogP contribution is -2.49. The summed E-state index contributed by atoms with van der Waals surface area (Å²) in [5.41, 5.74) is -0.0538. The molecule has 5 nitrogen and oxygen atoms in total. The molecule has 11 heteroatoms. The second-order valence-electron chi connectivity index (χ2n) is 10.1. The zero-order valence-electron chi connectivity index (χ0n) is 20.0. The summed E-state index contributed by atoms with van der Waals surface area (Å²) in [6.07, 6.45) is -0.780. The number of nitrogens with zero attached hydrogens (tertiary/aromatic N) is 1. The topological polar surface area (TPSA) is 50.8 Å². The lowest BCUT2D eigenvalue weighted by atomic mass is 9.90. The molecule has 1 N–H and O–H groups in total. The normalized spacial score (nSPS) is 25.7. The van der Waals surface area contributed by atoms with Crippen molar-refractivity contribution in [2.24, 2.45) is 17.8 Å². The smallest absolute Gasteiger partial charge is 0.454 e. The quantitative estimate of drug-likeness (QED) is 0.437. The number of benzene rings is 1. The van der Waals surface area contributed by atoms with E-state index < -0.39 is 30.4 Å². The molecule has 3 atom stereocenters. The summed E-state index contributed by atoms with van der Waals surface area (Å²) in [5.74, 6) is -4.37. The third kappa shape index (κ3) is 6.85. The largest absolute Gasteiger partial charge is 0.493 e. The maximum absolute atomic E-state index is 14.4. The molecule has 2 saturated heterocycles. The molecule has 0 bridgehead atoms. The van der Waals surface area contributed by atoms with Gasteiger partial charge in [0.2, 0.25) is 0 Å². The van der Waals surface area contributed by atoms with Crippen molar-refractivity contribution in [3.63, 3.8) is 0 Å². The van der Waals surface area contributed by atoms with E-state index in [2.05, 4.69) is 5.32 Å². The summed E-state index contributed by atoms with van der Waals surface area (Å²) in [7, 11) is 0. The van der Waals surface area contributed by atoms with E-state index in [1.807, 2.05) is 0 Å². The van der Waals surface area contributed by atoms with Crippen LogP contribution >= 0.6 is 0 Å². The molecule has 1 aromatic rings. The molecular formula is C25H32F6N2O3. The Balaban J connectivity index is 1.14. The number of ether oxygens (including phenoxy) is 2. The highest BCUT2D eigenvalue weighted by Gasteiger charge is 2.58. The molecule has 1 saturated carbocycles. The third-order valence-electron chi connectivity index (χ3n) is 7.51. The van der Waals surface area contributed by atoms with Crippen LogP contribution in [-0.2, 0) is 4.74 Å². The first-order valence-electron chi connectivity index (χ1n) is 12.5. The maximum atomic E-state index is 14.4. The van der Waals surface area contributed by atoms with Gasteiger partial charge < -0.3 is 14.8 Å². The van der Waals surface area contributed by atoms with Crippen LogP contribution in [0.3, 0.4) is 0 Å². The molecule has 0 aromatic heterocycles. The highest BCUT2D eigenvalue weighted by molar-refractivity contribution is 5.94. The molecule has 36 heavy (non-hydrogen) atoms. The van der Waals surface area contributed by atoms with Crippen LogP contribution in [0.15, 0.2) is 18.2 Å². The summed E-state index contributed by atoms with van der Waals surface area (Å²) in [6, 6.07) is 4.14. The zero-order chi connectivity index (χ0) is 25.9. The average molecular weight is 523 g/mol. The highest BCUT2D eigenvalue weighted by Crippen LogP contribution is 2.50. The van der Waals surface area contributed by atoms with Gasteiger partial charge in [-0.3, -0.25) is 9.69 Å². The van der Waals surface area contributed by atoms with Gasteiger partial charge in [-0.25, -0.2) is 4.39 Å². The minimum absolute atomic E-state index is 0.0300. The molecule has 1 unspecified atom stereocenters. The Labute approximate surface area is 206 Å². The number of hydrogen-bond donors (Lipinski definition) is 1. The molecule has 0 radical (unpaired) electrons. The van der Waals surface area contributed by atoms with Gasteiger partial charge in [-0.1, -0.05) is 0 Å². The molecule has 202 valence electrons. The Morgan fingerprint density at radius 2 is 1.89 bits per heavy atom. The van der Waals surface area contributed by atoms with Gasteiger partial charge in [-0.05, 0) is 81.5 Å². The van der Waals surface area contributed by atoms with Crippen LogP contribution < -0.4 is 10.1 Å². The van der Waals surface area contributed by atoms with Crippen molar-refractivity contribution >= 4 is 5.91 Å². The van der Waals surface area contributed by atoms with Crippen molar-refractivity contribution in [2.75, 3.05) is 39.4 Å². The van der Waals surface area contributed by atoms with Crippen LogP contribution in [0.4, 0.5) is 26.3 Å². The van der Waals surface area contributed by atoms with E-state index in [0.29, 0.717) is 56.1 Å². The Hall–Kier alpha value is -2.01. The Bertz CT molecular complexity index is 898. The monoisotopic (exact) mass is 522 g/mol.